The molecule has 2 aromatic rings. The van der Waals surface area contributed by atoms with E-state index in [1.807, 2.05) is 24.3 Å². The predicted octanol–water partition coefficient (Wildman–Crippen LogP) is 5.38. The maximum atomic E-state index is 12.0. The lowest BCUT2D eigenvalue weighted by molar-refractivity contribution is -0.265. The van der Waals surface area contributed by atoms with Crippen LogP contribution in [-0.4, -0.2) is 4.98 Å². The third-order valence-corrected chi connectivity index (χ3v) is 4.27. The molecule has 0 spiro atoms. The smallest absolute Gasteiger partial charge is 0.0699 e. The summed E-state index contributed by atoms with van der Waals surface area (Å²) < 4.78 is 0. The second-order valence-corrected chi connectivity index (χ2v) is 6.21. The molecule has 0 atom stereocenters. The molecule has 120 valence electrons. The molecule has 0 unspecified atom stereocenters. The third kappa shape index (κ3) is 5.32. The quantitative estimate of drug-likeness (QED) is 0.552. The van der Waals surface area contributed by atoms with Crippen LogP contribution in [0, 0.1) is 0 Å². The van der Waals surface area contributed by atoms with E-state index in [0.29, 0.717) is 0 Å². The minimum atomic E-state index is 0.108. The molecule has 0 radical (unpaired) electrons. The van der Waals surface area contributed by atoms with Crippen LogP contribution < -0.4 is 5.11 Å². The van der Waals surface area contributed by atoms with Gasteiger partial charge in [-0.3, -0.25) is 4.98 Å². The van der Waals surface area contributed by atoms with Crippen LogP contribution in [0.5, 0.6) is 5.75 Å². The molecule has 0 bridgehead atoms. The zero-order chi connectivity index (χ0) is 15.6. The Labute approximate surface area is 134 Å². The van der Waals surface area contributed by atoms with E-state index < -0.39 is 0 Å². The van der Waals surface area contributed by atoms with Gasteiger partial charge < -0.3 is 5.11 Å². The number of aromatic nitrogens is 1. The molecule has 1 aromatic carbocycles. The fourth-order valence-electron chi connectivity index (χ4n) is 2.94. The molecule has 0 aliphatic rings. The van der Waals surface area contributed by atoms with Crippen molar-refractivity contribution in [3.05, 3.63) is 36.0 Å². The van der Waals surface area contributed by atoms with Gasteiger partial charge in [-0.1, -0.05) is 82.2 Å². The van der Waals surface area contributed by atoms with Crippen LogP contribution >= 0.6 is 0 Å². The van der Waals surface area contributed by atoms with Crippen molar-refractivity contribution in [2.45, 2.75) is 71.1 Å². The Morgan fingerprint density at radius 2 is 1.50 bits per heavy atom. The molecule has 0 saturated carbocycles. The third-order valence-electron chi connectivity index (χ3n) is 4.27. The van der Waals surface area contributed by atoms with Gasteiger partial charge in [0.15, 0.2) is 0 Å². The van der Waals surface area contributed by atoms with Gasteiger partial charge >= 0.3 is 0 Å². The first-order valence-corrected chi connectivity index (χ1v) is 8.87. The maximum Gasteiger partial charge on any atom is 0.0699 e. The summed E-state index contributed by atoms with van der Waals surface area (Å²) >= 11 is 0. The normalized spacial score (nSPS) is 11.1. The highest BCUT2D eigenvalue weighted by Gasteiger charge is 2.00. The Morgan fingerprint density at radius 1 is 0.864 bits per heavy atom. The van der Waals surface area contributed by atoms with Crippen LogP contribution in [-0.2, 0) is 6.42 Å². The van der Waals surface area contributed by atoms with Crippen molar-refractivity contribution >= 4 is 10.9 Å². The number of hydrogen-bond acceptors (Lipinski definition) is 2. The first-order valence-electron chi connectivity index (χ1n) is 8.87. The monoisotopic (exact) mass is 298 g/mol. The van der Waals surface area contributed by atoms with Crippen LogP contribution in [0.4, 0.5) is 0 Å². The highest BCUT2D eigenvalue weighted by molar-refractivity contribution is 5.84. The summed E-state index contributed by atoms with van der Waals surface area (Å²) in [6.45, 7) is 2.26. The number of fused-ring (bicyclic) bond motifs is 1. The maximum absolute atomic E-state index is 12.0. The van der Waals surface area contributed by atoms with Crippen LogP contribution in [0.1, 0.15) is 70.4 Å². The fraction of sp³-hybridized carbons (Fsp3) is 0.550. The Balaban J connectivity index is 1.67. The number of pyridine rings is 1. The van der Waals surface area contributed by atoms with Crippen molar-refractivity contribution in [1.82, 2.24) is 4.98 Å². The average molecular weight is 298 g/mol. The summed E-state index contributed by atoms with van der Waals surface area (Å²) in [6.07, 6.45) is 12.8. The summed E-state index contributed by atoms with van der Waals surface area (Å²) in [7, 11) is 0. The number of nitrogens with zero attached hydrogens (tertiary/aromatic N) is 1. The summed E-state index contributed by atoms with van der Waals surface area (Å²) in [5, 5.41) is 12.8. The van der Waals surface area contributed by atoms with E-state index >= 15 is 0 Å². The Kier molecular flexibility index (Phi) is 7.21. The fourth-order valence-corrected chi connectivity index (χ4v) is 2.94. The first kappa shape index (κ1) is 16.8. The molecule has 0 aliphatic heterocycles. The zero-order valence-corrected chi connectivity index (χ0v) is 13.8. The molecule has 2 nitrogen and oxygen atoms in total. The molecule has 1 aromatic heterocycles. The van der Waals surface area contributed by atoms with Crippen LogP contribution in [0.2, 0.25) is 0 Å². The molecule has 0 amide bonds. The zero-order valence-electron chi connectivity index (χ0n) is 13.8. The molecule has 0 aliphatic carbocycles. The summed E-state index contributed by atoms with van der Waals surface area (Å²) in [6, 6.07) is 9.33. The highest BCUT2D eigenvalue weighted by Crippen LogP contribution is 2.22. The number of hydrogen-bond donors (Lipinski definition) is 0. The molecular weight excluding hydrogens is 270 g/mol. The number of benzene rings is 1. The number of unbranched alkanes of at least 4 members (excludes halogenated alkanes) is 8. The minimum Gasteiger partial charge on any atom is -0.872 e. The van der Waals surface area contributed by atoms with Crippen molar-refractivity contribution < 1.29 is 5.11 Å². The van der Waals surface area contributed by atoms with Gasteiger partial charge in [-0.25, -0.2) is 0 Å². The van der Waals surface area contributed by atoms with Crippen molar-refractivity contribution in [2.75, 3.05) is 0 Å². The van der Waals surface area contributed by atoms with E-state index in [0.717, 1.165) is 29.4 Å². The number of para-hydroxylation sites is 1. The molecule has 0 saturated heterocycles. The summed E-state index contributed by atoms with van der Waals surface area (Å²) in [5.41, 5.74) is 1.78. The molecular formula is C20H28NO-. The number of aryl methyl sites for hydroxylation is 1. The number of rotatable bonds is 10. The lowest BCUT2D eigenvalue weighted by atomic mass is 10.1. The van der Waals surface area contributed by atoms with Crippen molar-refractivity contribution in [3.63, 3.8) is 0 Å². The lowest BCUT2D eigenvalue weighted by Gasteiger charge is -2.12. The Morgan fingerprint density at radius 3 is 2.23 bits per heavy atom. The minimum absolute atomic E-state index is 0.108. The van der Waals surface area contributed by atoms with Crippen LogP contribution in [0.25, 0.3) is 10.9 Å². The van der Waals surface area contributed by atoms with Gasteiger partial charge in [0.25, 0.3) is 0 Å². The predicted molar refractivity (Wildman–Crippen MR) is 92.1 cm³/mol. The van der Waals surface area contributed by atoms with Crippen molar-refractivity contribution in [3.8, 4) is 5.75 Å². The average Bonchev–Trinajstić information content (AvgIpc) is 2.53. The first-order chi connectivity index (χ1) is 10.8. The molecule has 22 heavy (non-hydrogen) atoms. The van der Waals surface area contributed by atoms with E-state index in [-0.39, 0.29) is 5.75 Å². The molecule has 0 fully saturated rings. The Bertz CT molecular complexity index is 565. The van der Waals surface area contributed by atoms with Crippen molar-refractivity contribution in [1.29, 1.82) is 0 Å². The highest BCUT2D eigenvalue weighted by atomic mass is 16.3. The molecule has 1 heterocycles. The summed E-state index contributed by atoms with van der Waals surface area (Å²) in [4.78, 5) is 4.60. The van der Waals surface area contributed by atoms with Gasteiger partial charge in [0.05, 0.1) is 5.52 Å². The molecule has 2 heteroatoms. The van der Waals surface area contributed by atoms with E-state index in [4.69, 9.17) is 0 Å². The Hall–Kier alpha value is -1.57. The van der Waals surface area contributed by atoms with E-state index in [1.165, 1.54) is 51.4 Å². The van der Waals surface area contributed by atoms with Gasteiger partial charge in [0, 0.05) is 5.69 Å². The van der Waals surface area contributed by atoms with Crippen LogP contribution in [0.3, 0.4) is 0 Å². The molecule has 2 rings (SSSR count). The van der Waals surface area contributed by atoms with E-state index in [9.17, 15) is 5.11 Å². The largest absolute Gasteiger partial charge is 0.872 e. The van der Waals surface area contributed by atoms with Gasteiger partial charge in [-0.15, -0.1) is 0 Å². The van der Waals surface area contributed by atoms with E-state index in [2.05, 4.69) is 11.9 Å². The van der Waals surface area contributed by atoms with Gasteiger partial charge in [-0.2, -0.15) is 0 Å². The van der Waals surface area contributed by atoms with Gasteiger partial charge in [0.1, 0.15) is 0 Å². The van der Waals surface area contributed by atoms with Crippen LogP contribution in [0.15, 0.2) is 30.3 Å². The second kappa shape index (κ2) is 9.45. The molecule has 0 N–H and O–H groups in total. The SMILES string of the molecule is CCCCCCCCCCCc1cc([O-])c2ccccc2n1. The topological polar surface area (TPSA) is 36.0 Å². The summed E-state index contributed by atoms with van der Waals surface area (Å²) in [5.74, 6) is 0.108. The standard InChI is InChI=1S/C20H29NO/c1-2-3-4-5-6-7-8-9-10-13-17-16-20(22)18-14-11-12-15-19(18)21-17/h11-12,14-16H,2-10,13H2,1H3,(H,21,22)/p-1. The second-order valence-electron chi connectivity index (χ2n) is 6.21. The van der Waals surface area contributed by atoms with Gasteiger partial charge in [-0.05, 0) is 30.4 Å². The van der Waals surface area contributed by atoms with Gasteiger partial charge in [0.2, 0.25) is 0 Å². The lowest BCUT2D eigenvalue weighted by Crippen LogP contribution is -1.97. The van der Waals surface area contributed by atoms with E-state index in [1.54, 1.807) is 6.07 Å². The van der Waals surface area contributed by atoms with Crippen molar-refractivity contribution in [2.24, 2.45) is 0 Å².